The highest BCUT2D eigenvalue weighted by Gasteiger charge is 2.40. The fourth-order valence-electron chi connectivity index (χ4n) is 2.79. The van der Waals surface area contributed by atoms with Crippen LogP contribution in [0.15, 0.2) is 12.3 Å². The Kier molecular flexibility index (Phi) is 3.54. The van der Waals surface area contributed by atoms with Crippen LogP contribution in [0.5, 0.6) is 0 Å². The van der Waals surface area contributed by atoms with E-state index in [4.69, 9.17) is 0 Å². The third kappa shape index (κ3) is 2.11. The first kappa shape index (κ1) is 12.6. The second-order valence-electron chi connectivity index (χ2n) is 5.19. The third-order valence-electron chi connectivity index (χ3n) is 4.27. The van der Waals surface area contributed by atoms with Crippen LogP contribution in [-0.4, -0.2) is 38.4 Å². The van der Waals surface area contributed by atoms with Gasteiger partial charge in [0.2, 0.25) is 0 Å². The smallest absolute Gasteiger partial charge is 0.114 e. The molecule has 1 N–H and O–H groups in total. The summed E-state index contributed by atoms with van der Waals surface area (Å²) < 4.78 is 1.77. The van der Waals surface area contributed by atoms with E-state index in [0.717, 1.165) is 25.2 Å². The Morgan fingerprint density at radius 1 is 1.47 bits per heavy atom. The van der Waals surface area contributed by atoms with E-state index in [1.807, 2.05) is 13.1 Å². The van der Waals surface area contributed by atoms with Crippen LogP contribution in [-0.2, 0) is 7.05 Å². The van der Waals surface area contributed by atoms with Gasteiger partial charge in [-0.05, 0) is 45.3 Å². The van der Waals surface area contributed by atoms with Crippen molar-refractivity contribution in [3.05, 3.63) is 18.0 Å². The first-order valence-corrected chi connectivity index (χ1v) is 6.50. The third-order valence-corrected chi connectivity index (χ3v) is 4.27. The number of aliphatic hydroxyl groups excluding tert-OH is 1. The number of likely N-dealkylation sites (tertiary alicyclic amines) is 1. The molecule has 0 aromatic carbocycles. The summed E-state index contributed by atoms with van der Waals surface area (Å²) in [5.74, 6) is 0. The molecule has 2 heterocycles. The van der Waals surface area contributed by atoms with Crippen LogP contribution in [0.1, 0.15) is 44.9 Å². The van der Waals surface area contributed by atoms with Gasteiger partial charge in [-0.1, -0.05) is 6.92 Å². The normalized spacial score (nSPS) is 22.6. The van der Waals surface area contributed by atoms with Gasteiger partial charge in [-0.15, -0.1) is 0 Å². The van der Waals surface area contributed by atoms with Crippen LogP contribution in [0.25, 0.3) is 0 Å². The van der Waals surface area contributed by atoms with Crippen LogP contribution in [0, 0.1) is 0 Å². The quantitative estimate of drug-likeness (QED) is 0.867. The zero-order valence-electron chi connectivity index (χ0n) is 11.1. The van der Waals surface area contributed by atoms with E-state index >= 15 is 0 Å². The SMILES string of the molecule is CCC(C)(C(O)c1ccnn1C)N1CCCC1. The molecule has 0 radical (unpaired) electrons. The maximum atomic E-state index is 10.7. The van der Waals surface area contributed by atoms with Crippen LogP contribution >= 0.6 is 0 Å². The number of hydrogen-bond donors (Lipinski definition) is 1. The number of rotatable bonds is 4. The molecule has 2 atom stereocenters. The second-order valence-corrected chi connectivity index (χ2v) is 5.19. The molecule has 17 heavy (non-hydrogen) atoms. The Morgan fingerprint density at radius 2 is 2.12 bits per heavy atom. The highest BCUT2D eigenvalue weighted by Crippen LogP contribution is 2.35. The zero-order valence-corrected chi connectivity index (χ0v) is 11.1. The van der Waals surface area contributed by atoms with Gasteiger partial charge in [0.25, 0.3) is 0 Å². The first-order valence-electron chi connectivity index (χ1n) is 6.50. The fourth-order valence-corrected chi connectivity index (χ4v) is 2.79. The van der Waals surface area contributed by atoms with E-state index in [1.54, 1.807) is 10.9 Å². The van der Waals surface area contributed by atoms with Gasteiger partial charge in [0.1, 0.15) is 6.10 Å². The molecular weight excluding hydrogens is 214 g/mol. The van der Waals surface area contributed by atoms with Crippen molar-refractivity contribution in [1.82, 2.24) is 14.7 Å². The number of hydrogen-bond acceptors (Lipinski definition) is 3. The molecule has 1 aromatic heterocycles. The Balaban J connectivity index is 2.25. The maximum Gasteiger partial charge on any atom is 0.114 e. The van der Waals surface area contributed by atoms with E-state index in [0.29, 0.717) is 0 Å². The maximum absolute atomic E-state index is 10.7. The summed E-state index contributed by atoms with van der Waals surface area (Å²) in [6.07, 6.45) is 4.71. The van der Waals surface area contributed by atoms with Crippen molar-refractivity contribution in [2.45, 2.75) is 44.8 Å². The second kappa shape index (κ2) is 4.78. The summed E-state index contributed by atoms with van der Waals surface area (Å²) in [6, 6.07) is 1.91. The summed E-state index contributed by atoms with van der Waals surface area (Å²) in [6.45, 7) is 6.51. The Bertz CT molecular complexity index is 370. The van der Waals surface area contributed by atoms with Crippen molar-refractivity contribution in [3.63, 3.8) is 0 Å². The predicted molar refractivity (Wildman–Crippen MR) is 67.7 cm³/mol. The monoisotopic (exact) mass is 237 g/mol. The van der Waals surface area contributed by atoms with Crippen LogP contribution in [0.3, 0.4) is 0 Å². The van der Waals surface area contributed by atoms with Crippen LogP contribution in [0.2, 0.25) is 0 Å². The van der Waals surface area contributed by atoms with Gasteiger partial charge in [-0.3, -0.25) is 9.58 Å². The lowest BCUT2D eigenvalue weighted by Gasteiger charge is -2.41. The van der Waals surface area contributed by atoms with Crippen molar-refractivity contribution in [3.8, 4) is 0 Å². The molecule has 0 aliphatic carbocycles. The molecule has 1 aliphatic rings. The van der Waals surface area contributed by atoms with Gasteiger partial charge in [0, 0.05) is 18.8 Å². The largest absolute Gasteiger partial charge is 0.385 e. The number of aryl methyl sites for hydroxylation is 1. The predicted octanol–water partition coefficient (Wildman–Crippen LogP) is 1.72. The molecule has 4 nitrogen and oxygen atoms in total. The van der Waals surface area contributed by atoms with Gasteiger partial charge in [0.05, 0.1) is 5.69 Å². The molecular formula is C13H23N3O. The molecule has 96 valence electrons. The molecule has 0 amide bonds. The minimum atomic E-state index is -0.474. The highest BCUT2D eigenvalue weighted by atomic mass is 16.3. The van der Waals surface area contributed by atoms with Gasteiger partial charge >= 0.3 is 0 Å². The van der Waals surface area contributed by atoms with E-state index in [1.165, 1.54) is 12.8 Å². The molecule has 4 heteroatoms. The van der Waals surface area contributed by atoms with E-state index in [9.17, 15) is 5.11 Å². The topological polar surface area (TPSA) is 41.3 Å². The lowest BCUT2D eigenvalue weighted by molar-refractivity contribution is -0.0183. The molecule has 1 aliphatic heterocycles. The Morgan fingerprint density at radius 3 is 2.59 bits per heavy atom. The number of aromatic nitrogens is 2. The molecule has 2 rings (SSSR count). The molecule has 1 saturated heterocycles. The number of aliphatic hydroxyl groups is 1. The molecule has 2 unspecified atom stereocenters. The summed E-state index contributed by atoms with van der Waals surface area (Å²) in [5.41, 5.74) is 0.728. The van der Waals surface area contributed by atoms with Crippen molar-refractivity contribution in [2.24, 2.45) is 7.05 Å². The molecule has 0 saturated carbocycles. The average Bonchev–Trinajstić information content (AvgIpc) is 2.97. The first-order chi connectivity index (χ1) is 8.09. The standard InChI is InChI=1S/C13H23N3O/c1-4-13(2,16-9-5-6-10-16)12(17)11-7-8-14-15(11)3/h7-8,12,17H,4-6,9-10H2,1-3H3. The summed E-state index contributed by atoms with van der Waals surface area (Å²) in [7, 11) is 1.89. The van der Waals surface area contributed by atoms with Crippen molar-refractivity contribution in [2.75, 3.05) is 13.1 Å². The van der Waals surface area contributed by atoms with Gasteiger partial charge in [-0.2, -0.15) is 5.10 Å². The number of nitrogens with zero attached hydrogens (tertiary/aromatic N) is 3. The van der Waals surface area contributed by atoms with Gasteiger partial charge in [0.15, 0.2) is 0 Å². The van der Waals surface area contributed by atoms with Crippen molar-refractivity contribution < 1.29 is 5.11 Å². The lowest BCUT2D eigenvalue weighted by atomic mass is 9.87. The summed E-state index contributed by atoms with van der Waals surface area (Å²) >= 11 is 0. The molecule has 0 bridgehead atoms. The minimum Gasteiger partial charge on any atom is -0.385 e. The summed E-state index contributed by atoms with van der Waals surface area (Å²) in [4.78, 5) is 2.42. The highest BCUT2D eigenvalue weighted by molar-refractivity contribution is 5.11. The van der Waals surface area contributed by atoms with Crippen LogP contribution in [0.4, 0.5) is 0 Å². The molecule has 1 aromatic rings. The average molecular weight is 237 g/mol. The minimum absolute atomic E-state index is 0.176. The Hall–Kier alpha value is -0.870. The van der Waals surface area contributed by atoms with E-state index in [-0.39, 0.29) is 5.54 Å². The fraction of sp³-hybridized carbons (Fsp3) is 0.769. The van der Waals surface area contributed by atoms with Crippen molar-refractivity contribution >= 4 is 0 Å². The van der Waals surface area contributed by atoms with Crippen LogP contribution < -0.4 is 0 Å². The van der Waals surface area contributed by atoms with Gasteiger partial charge in [-0.25, -0.2) is 0 Å². The lowest BCUT2D eigenvalue weighted by Crippen LogP contribution is -2.49. The van der Waals surface area contributed by atoms with Crippen molar-refractivity contribution in [1.29, 1.82) is 0 Å². The Labute approximate surface area is 103 Å². The van der Waals surface area contributed by atoms with E-state index < -0.39 is 6.10 Å². The van der Waals surface area contributed by atoms with E-state index in [2.05, 4.69) is 23.8 Å². The summed E-state index contributed by atoms with van der Waals surface area (Å²) in [5, 5.41) is 14.8. The zero-order chi connectivity index (χ0) is 12.5. The van der Waals surface area contributed by atoms with Gasteiger partial charge < -0.3 is 5.11 Å². The molecule has 1 fully saturated rings. The molecule has 0 spiro atoms.